The highest BCUT2D eigenvalue weighted by Crippen LogP contribution is 2.30. The van der Waals surface area contributed by atoms with E-state index in [2.05, 4.69) is 24.1 Å². The summed E-state index contributed by atoms with van der Waals surface area (Å²) >= 11 is 0. The summed E-state index contributed by atoms with van der Waals surface area (Å²) in [7, 11) is 0. The lowest BCUT2D eigenvalue weighted by Crippen LogP contribution is -2.51. The lowest BCUT2D eigenvalue weighted by atomic mass is 9.80. The minimum absolute atomic E-state index is 0.0102. The van der Waals surface area contributed by atoms with E-state index in [9.17, 15) is 4.79 Å². The second-order valence-electron chi connectivity index (χ2n) is 6.22. The highest BCUT2D eigenvalue weighted by molar-refractivity contribution is 5.81. The van der Waals surface area contributed by atoms with E-state index in [4.69, 9.17) is 5.73 Å². The molecule has 1 saturated heterocycles. The fraction of sp³-hybridized carbons (Fsp3) is 0.933. The number of carbonyl (C=O) groups is 1. The second kappa shape index (κ2) is 7.85. The molecule has 4 heteroatoms. The minimum Gasteiger partial charge on any atom is -0.355 e. The quantitative estimate of drug-likeness (QED) is 0.692. The molecule has 1 heterocycles. The Morgan fingerprint density at radius 1 is 1.37 bits per heavy atom. The Balaban J connectivity index is 2.30. The summed E-state index contributed by atoms with van der Waals surface area (Å²) in [5, 5.41) is 3.04. The summed E-state index contributed by atoms with van der Waals surface area (Å²) in [6.07, 6.45) is 5.65. The molecule has 0 spiro atoms. The maximum absolute atomic E-state index is 12.1. The van der Waals surface area contributed by atoms with Gasteiger partial charge < -0.3 is 11.1 Å². The zero-order chi connectivity index (χ0) is 14.3. The number of likely N-dealkylation sites (tertiary alicyclic amines) is 1. The van der Waals surface area contributed by atoms with Gasteiger partial charge in [0.05, 0.1) is 6.04 Å². The third-order valence-corrected chi connectivity index (χ3v) is 4.50. The molecule has 1 unspecified atom stereocenters. The van der Waals surface area contributed by atoms with E-state index in [1.807, 2.05) is 6.92 Å². The molecule has 4 nitrogen and oxygen atoms in total. The number of nitrogens with one attached hydrogen (secondary N) is 1. The summed E-state index contributed by atoms with van der Waals surface area (Å²) in [5.74, 6) is 0.174. The van der Waals surface area contributed by atoms with E-state index < -0.39 is 0 Å². The van der Waals surface area contributed by atoms with Gasteiger partial charge in [0.25, 0.3) is 0 Å². The largest absolute Gasteiger partial charge is 0.355 e. The molecule has 0 aromatic carbocycles. The van der Waals surface area contributed by atoms with Crippen molar-refractivity contribution in [3.8, 4) is 0 Å². The van der Waals surface area contributed by atoms with Gasteiger partial charge in [-0.2, -0.15) is 0 Å². The molecular weight excluding hydrogens is 238 g/mol. The highest BCUT2D eigenvalue weighted by Gasteiger charge is 2.32. The van der Waals surface area contributed by atoms with Crippen molar-refractivity contribution in [3.05, 3.63) is 0 Å². The summed E-state index contributed by atoms with van der Waals surface area (Å²) in [4.78, 5) is 14.3. The molecule has 19 heavy (non-hydrogen) atoms. The molecule has 0 radical (unpaired) electrons. The van der Waals surface area contributed by atoms with Gasteiger partial charge in [0.1, 0.15) is 0 Å². The number of piperidine rings is 1. The van der Waals surface area contributed by atoms with Crippen LogP contribution in [0.25, 0.3) is 0 Å². The summed E-state index contributed by atoms with van der Waals surface area (Å²) in [6.45, 7) is 9.96. The SMILES string of the molecule is CCCCCNC(=O)C(C)N1CCC(C)(CN)CC1. The predicted octanol–water partition coefficient (Wildman–Crippen LogP) is 1.74. The number of nitrogens with two attached hydrogens (primary N) is 1. The Bertz CT molecular complexity index is 273. The molecule has 0 saturated carbocycles. The van der Waals surface area contributed by atoms with Crippen LogP contribution in [0.3, 0.4) is 0 Å². The van der Waals surface area contributed by atoms with Crippen LogP contribution in [0.2, 0.25) is 0 Å². The lowest BCUT2D eigenvalue weighted by Gasteiger charge is -2.40. The summed E-state index contributed by atoms with van der Waals surface area (Å²) in [5.41, 5.74) is 6.09. The van der Waals surface area contributed by atoms with Crippen molar-refractivity contribution in [2.45, 2.75) is 58.9 Å². The summed E-state index contributed by atoms with van der Waals surface area (Å²) in [6, 6.07) is -0.0102. The topological polar surface area (TPSA) is 58.4 Å². The number of hydrogen-bond acceptors (Lipinski definition) is 3. The Morgan fingerprint density at radius 2 is 2.00 bits per heavy atom. The first-order chi connectivity index (χ1) is 9.02. The van der Waals surface area contributed by atoms with E-state index in [0.29, 0.717) is 0 Å². The van der Waals surface area contributed by atoms with Crippen LogP contribution >= 0.6 is 0 Å². The Labute approximate surface area is 118 Å². The first-order valence-corrected chi connectivity index (χ1v) is 7.74. The van der Waals surface area contributed by atoms with Crippen LogP contribution in [0.5, 0.6) is 0 Å². The average Bonchev–Trinajstić information content (AvgIpc) is 2.43. The maximum Gasteiger partial charge on any atom is 0.237 e. The van der Waals surface area contributed by atoms with Crippen LogP contribution < -0.4 is 11.1 Å². The smallest absolute Gasteiger partial charge is 0.237 e. The van der Waals surface area contributed by atoms with Gasteiger partial charge in [0.15, 0.2) is 0 Å². The normalized spacial score (nSPS) is 21.1. The average molecular weight is 269 g/mol. The van der Waals surface area contributed by atoms with E-state index in [-0.39, 0.29) is 17.4 Å². The zero-order valence-corrected chi connectivity index (χ0v) is 12.9. The first-order valence-electron chi connectivity index (χ1n) is 7.74. The van der Waals surface area contributed by atoms with Crippen molar-refractivity contribution < 1.29 is 4.79 Å². The van der Waals surface area contributed by atoms with Gasteiger partial charge in [-0.3, -0.25) is 9.69 Å². The van der Waals surface area contributed by atoms with Gasteiger partial charge in [-0.05, 0) is 51.2 Å². The lowest BCUT2D eigenvalue weighted by molar-refractivity contribution is -0.126. The van der Waals surface area contributed by atoms with Gasteiger partial charge in [0.2, 0.25) is 5.91 Å². The van der Waals surface area contributed by atoms with Gasteiger partial charge in [-0.1, -0.05) is 26.7 Å². The van der Waals surface area contributed by atoms with Crippen LogP contribution in [-0.4, -0.2) is 43.0 Å². The third kappa shape index (κ3) is 5.11. The zero-order valence-electron chi connectivity index (χ0n) is 12.9. The molecule has 1 aliphatic heterocycles. The van der Waals surface area contributed by atoms with E-state index in [0.717, 1.165) is 45.4 Å². The minimum atomic E-state index is -0.0102. The molecule has 1 fully saturated rings. The summed E-state index contributed by atoms with van der Waals surface area (Å²) < 4.78 is 0. The highest BCUT2D eigenvalue weighted by atomic mass is 16.2. The van der Waals surface area contributed by atoms with Crippen molar-refractivity contribution in [2.75, 3.05) is 26.2 Å². The van der Waals surface area contributed by atoms with Crippen molar-refractivity contribution in [2.24, 2.45) is 11.1 Å². The van der Waals surface area contributed by atoms with Crippen molar-refractivity contribution in [1.29, 1.82) is 0 Å². The first kappa shape index (κ1) is 16.4. The molecular formula is C15H31N3O. The number of nitrogens with zero attached hydrogens (tertiary/aromatic N) is 1. The van der Waals surface area contributed by atoms with Gasteiger partial charge in [-0.15, -0.1) is 0 Å². The monoisotopic (exact) mass is 269 g/mol. The predicted molar refractivity (Wildman–Crippen MR) is 80.0 cm³/mol. The third-order valence-electron chi connectivity index (χ3n) is 4.50. The van der Waals surface area contributed by atoms with E-state index in [1.54, 1.807) is 0 Å². The molecule has 0 aliphatic carbocycles. The number of hydrogen-bond donors (Lipinski definition) is 2. The van der Waals surface area contributed by atoms with Crippen LogP contribution in [0.4, 0.5) is 0 Å². The molecule has 1 amide bonds. The van der Waals surface area contributed by atoms with Crippen molar-refractivity contribution in [1.82, 2.24) is 10.2 Å². The van der Waals surface area contributed by atoms with Crippen molar-refractivity contribution in [3.63, 3.8) is 0 Å². The molecule has 1 rings (SSSR count). The molecule has 0 aromatic heterocycles. The Morgan fingerprint density at radius 3 is 2.53 bits per heavy atom. The number of unbranched alkanes of at least 4 members (excludes halogenated alkanes) is 2. The van der Waals surface area contributed by atoms with Crippen LogP contribution in [0.1, 0.15) is 52.9 Å². The molecule has 3 N–H and O–H groups in total. The Kier molecular flexibility index (Phi) is 6.80. The number of carbonyl (C=O) groups excluding carboxylic acids is 1. The molecule has 112 valence electrons. The number of amides is 1. The van der Waals surface area contributed by atoms with Crippen LogP contribution in [0.15, 0.2) is 0 Å². The molecule has 1 atom stereocenters. The molecule has 1 aliphatic rings. The van der Waals surface area contributed by atoms with E-state index in [1.165, 1.54) is 12.8 Å². The second-order valence-corrected chi connectivity index (χ2v) is 6.22. The van der Waals surface area contributed by atoms with Crippen LogP contribution in [-0.2, 0) is 4.79 Å². The fourth-order valence-electron chi connectivity index (χ4n) is 2.56. The Hall–Kier alpha value is -0.610. The molecule has 0 bridgehead atoms. The standard InChI is InChI=1S/C15H31N3O/c1-4-5-6-9-17-14(19)13(2)18-10-7-15(3,12-16)8-11-18/h13H,4-12,16H2,1-3H3,(H,17,19). The maximum atomic E-state index is 12.1. The van der Waals surface area contributed by atoms with Crippen LogP contribution in [0, 0.1) is 5.41 Å². The van der Waals surface area contributed by atoms with Gasteiger partial charge in [0, 0.05) is 6.54 Å². The molecule has 0 aromatic rings. The number of rotatable bonds is 7. The van der Waals surface area contributed by atoms with Gasteiger partial charge >= 0.3 is 0 Å². The fourth-order valence-corrected chi connectivity index (χ4v) is 2.56. The van der Waals surface area contributed by atoms with Crippen molar-refractivity contribution >= 4 is 5.91 Å². The van der Waals surface area contributed by atoms with E-state index >= 15 is 0 Å². The van der Waals surface area contributed by atoms with Gasteiger partial charge in [-0.25, -0.2) is 0 Å².